The molecular formula is C48H58N8O7. The molecular weight excluding hydrogens is 801 g/mol. The second-order valence-corrected chi connectivity index (χ2v) is 17.6. The fraction of sp³-hybridized carbons (Fsp3) is 0.500. The Kier molecular flexibility index (Phi) is 12.6. The average Bonchev–Trinajstić information content (AvgIpc) is 4.13. The van der Waals surface area contributed by atoms with Gasteiger partial charge in [-0.05, 0) is 96.5 Å². The normalized spacial score (nSPS) is 21.0. The molecule has 4 unspecified atom stereocenters. The standard InChI is InChI=1S/C48H58N8O7/c1-61-47(59)53-41(29-10-5-3-6-11-29)45(57)55-21-9-14-39(55)43-49-27-38(52-43)35-18-17-31-24-32(15-16-33(31)25-35)34-19-20-36-37(26-34)51-44(50-36)40-28-63-23-22-56(40)46(58)42(54-48(60)62-2)30-12-7-4-8-13-30/h15-20,24-27,29-30,39-42H,3-14,21-23,28H2,1-2H3,(H,49,52)(H,50,51)(H,53,59)(H,54,60). The summed E-state index contributed by atoms with van der Waals surface area (Å²) in [6.45, 7) is 1.73. The Morgan fingerprint density at radius 2 is 1.25 bits per heavy atom. The van der Waals surface area contributed by atoms with Crippen molar-refractivity contribution in [2.24, 2.45) is 11.8 Å². The molecule has 4 N–H and O–H groups in total. The maximum absolute atomic E-state index is 14.2. The first-order valence-electron chi connectivity index (χ1n) is 22.7. The van der Waals surface area contributed by atoms with Crippen molar-refractivity contribution in [1.82, 2.24) is 40.4 Å². The van der Waals surface area contributed by atoms with E-state index >= 15 is 0 Å². The lowest BCUT2D eigenvalue weighted by molar-refractivity contribution is -0.144. The van der Waals surface area contributed by atoms with Gasteiger partial charge in [-0.3, -0.25) is 9.59 Å². The molecule has 9 rings (SSSR count). The van der Waals surface area contributed by atoms with E-state index in [1.54, 1.807) is 0 Å². The minimum Gasteiger partial charge on any atom is -0.453 e. The highest BCUT2D eigenvalue weighted by Gasteiger charge is 2.41. The fourth-order valence-electron chi connectivity index (χ4n) is 10.4. The van der Waals surface area contributed by atoms with Crippen molar-refractivity contribution >= 4 is 45.8 Å². The lowest BCUT2D eigenvalue weighted by Gasteiger charge is -2.39. The number of fused-ring (bicyclic) bond motifs is 2. The molecule has 2 saturated carbocycles. The molecule has 5 aromatic rings. The number of hydrogen-bond acceptors (Lipinski definition) is 9. The van der Waals surface area contributed by atoms with Crippen LogP contribution in [0.3, 0.4) is 0 Å². The summed E-state index contributed by atoms with van der Waals surface area (Å²) in [5, 5.41) is 7.90. The molecule has 63 heavy (non-hydrogen) atoms. The number of aromatic amines is 2. The first-order chi connectivity index (χ1) is 30.8. The third-order valence-corrected chi connectivity index (χ3v) is 13.9. The molecule has 4 fully saturated rings. The molecule has 2 saturated heterocycles. The number of carbonyl (C=O) groups is 4. The van der Waals surface area contributed by atoms with Gasteiger partial charge in [0, 0.05) is 18.7 Å². The van der Waals surface area contributed by atoms with Gasteiger partial charge in [0.15, 0.2) is 0 Å². The molecule has 15 heteroatoms. The zero-order chi connectivity index (χ0) is 43.5. The molecule has 2 aromatic heterocycles. The zero-order valence-electron chi connectivity index (χ0n) is 36.2. The molecule has 4 heterocycles. The number of carbonyl (C=O) groups excluding carboxylic acids is 4. The van der Waals surface area contributed by atoms with Gasteiger partial charge in [0.05, 0.1) is 56.4 Å². The number of aromatic nitrogens is 4. The molecule has 2 aliphatic carbocycles. The number of benzene rings is 3. The highest BCUT2D eigenvalue weighted by Crippen LogP contribution is 2.37. The smallest absolute Gasteiger partial charge is 0.407 e. The van der Waals surface area contributed by atoms with Crippen LogP contribution in [0.15, 0.2) is 60.8 Å². The van der Waals surface area contributed by atoms with Gasteiger partial charge in [-0.2, -0.15) is 0 Å². The van der Waals surface area contributed by atoms with Crippen LogP contribution in [-0.2, 0) is 23.8 Å². The molecule has 0 bridgehead atoms. The largest absolute Gasteiger partial charge is 0.453 e. The van der Waals surface area contributed by atoms with Crippen molar-refractivity contribution in [2.75, 3.05) is 40.5 Å². The number of likely N-dealkylation sites (tertiary alicyclic amines) is 1. The highest BCUT2D eigenvalue weighted by atomic mass is 16.5. The van der Waals surface area contributed by atoms with Gasteiger partial charge in [-0.1, -0.05) is 68.9 Å². The average molecular weight is 859 g/mol. The number of methoxy groups -OCH3 is 2. The number of rotatable bonds is 10. The van der Waals surface area contributed by atoms with Gasteiger partial charge >= 0.3 is 12.2 Å². The van der Waals surface area contributed by atoms with Crippen LogP contribution in [0.1, 0.15) is 101 Å². The molecule has 15 nitrogen and oxygen atoms in total. The molecule has 4 atom stereocenters. The van der Waals surface area contributed by atoms with Crippen LogP contribution in [-0.4, -0.2) is 106 Å². The lowest BCUT2D eigenvalue weighted by Crippen LogP contribution is -2.56. The number of amides is 4. The molecule has 4 aliphatic rings. The summed E-state index contributed by atoms with van der Waals surface area (Å²) in [4.78, 5) is 73.5. The summed E-state index contributed by atoms with van der Waals surface area (Å²) in [7, 11) is 2.66. The number of nitrogens with zero attached hydrogens (tertiary/aromatic N) is 4. The fourth-order valence-corrected chi connectivity index (χ4v) is 10.4. The highest BCUT2D eigenvalue weighted by molar-refractivity contribution is 5.92. The summed E-state index contributed by atoms with van der Waals surface area (Å²) in [6, 6.07) is 17.0. The van der Waals surface area contributed by atoms with Gasteiger partial charge in [-0.15, -0.1) is 0 Å². The maximum atomic E-state index is 14.2. The van der Waals surface area contributed by atoms with E-state index in [-0.39, 0.29) is 29.7 Å². The minimum absolute atomic E-state index is 0.0503. The molecule has 4 amide bonds. The Morgan fingerprint density at radius 1 is 0.667 bits per heavy atom. The van der Waals surface area contributed by atoms with E-state index in [1.807, 2.05) is 22.1 Å². The van der Waals surface area contributed by atoms with Gasteiger partial charge < -0.3 is 44.6 Å². The van der Waals surface area contributed by atoms with E-state index in [9.17, 15) is 19.2 Å². The molecule has 2 aliphatic heterocycles. The van der Waals surface area contributed by atoms with E-state index in [0.717, 1.165) is 127 Å². The summed E-state index contributed by atoms with van der Waals surface area (Å²) in [5.74, 6) is 1.35. The third kappa shape index (κ3) is 8.97. The Bertz CT molecular complexity index is 2450. The van der Waals surface area contributed by atoms with Crippen molar-refractivity contribution in [1.29, 1.82) is 0 Å². The van der Waals surface area contributed by atoms with Crippen molar-refractivity contribution < 1.29 is 33.4 Å². The van der Waals surface area contributed by atoms with Crippen molar-refractivity contribution in [3.8, 4) is 22.4 Å². The lowest BCUT2D eigenvalue weighted by atomic mass is 9.83. The molecule has 0 spiro atoms. The topological polar surface area (TPSA) is 184 Å². The second-order valence-electron chi connectivity index (χ2n) is 17.6. The quantitative estimate of drug-likeness (QED) is 0.108. The van der Waals surface area contributed by atoms with Crippen LogP contribution in [0.5, 0.6) is 0 Å². The Balaban J connectivity index is 0.908. The van der Waals surface area contributed by atoms with Crippen molar-refractivity contribution in [3.05, 3.63) is 72.4 Å². The summed E-state index contributed by atoms with van der Waals surface area (Å²) >= 11 is 0. The van der Waals surface area contributed by atoms with E-state index in [0.29, 0.717) is 32.1 Å². The van der Waals surface area contributed by atoms with Crippen LogP contribution in [0, 0.1) is 11.8 Å². The van der Waals surface area contributed by atoms with Crippen LogP contribution in [0.2, 0.25) is 0 Å². The van der Waals surface area contributed by atoms with Crippen LogP contribution in [0.4, 0.5) is 9.59 Å². The van der Waals surface area contributed by atoms with E-state index in [1.165, 1.54) is 14.2 Å². The first-order valence-corrected chi connectivity index (χ1v) is 22.7. The third-order valence-electron chi connectivity index (χ3n) is 13.9. The van der Waals surface area contributed by atoms with Gasteiger partial charge in [-0.25, -0.2) is 19.6 Å². The van der Waals surface area contributed by atoms with E-state index in [4.69, 9.17) is 24.2 Å². The summed E-state index contributed by atoms with van der Waals surface area (Å²) in [5.41, 5.74) is 5.60. The predicted octanol–water partition coefficient (Wildman–Crippen LogP) is 7.95. The van der Waals surface area contributed by atoms with Crippen LogP contribution in [0.25, 0.3) is 44.2 Å². The van der Waals surface area contributed by atoms with Gasteiger partial charge in [0.1, 0.15) is 29.8 Å². The van der Waals surface area contributed by atoms with Crippen molar-refractivity contribution in [2.45, 2.75) is 101 Å². The minimum atomic E-state index is -0.668. The number of H-pyrrole nitrogens is 2. The maximum Gasteiger partial charge on any atom is 0.407 e. The van der Waals surface area contributed by atoms with E-state index < -0.39 is 30.3 Å². The number of morpholine rings is 1. The van der Waals surface area contributed by atoms with E-state index in [2.05, 4.69) is 69.1 Å². The summed E-state index contributed by atoms with van der Waals surface area (Å²) < 4.78 is 15.7. The Labute approximate surface area is 367 Å². The van der Waals surface area contributed by atoms with Crippen LogP contribution >= 0.6 is 0 Å². The zero-order valence-corrected chi connectivity index (χ0v) is 36.2. The number of alkyl carbamates (subject to hydrolysis) is 2. The van der Waals surface area contributed by atoms with Crippen molar-refractivity contribution in [3.63, 3.8) is 0 Å². The monoisotopic (exact) mass is 858 g/mol. The number of nitrogens with one attached hydrogen (secondary N) is 4. The SMILES string of the molecule is COC(=O)NC(C(=O)N1CCCC1c1ncc(-c2ccc3cc(-c4ccc5nc(C6COCCN6C(=O)C(NC(=O)OC)C6CCCCC6)[nH]c5c4)ccc3c2)[nH]1)C1CCCCC1. The van der Waals surface area contributed by atoms with Gasteiger partial charge in [0.2, 0.25) is 11.8 Å². The molecule has 0 radical (unpaired) electrons. The molecule has 332 valence electrons. The predicted molar refractivity (Wildman–Crippen MR) is 237 cm³/mol. The number of imidazole rings is 2. The van der Waals surface area contributed by atoms with Crippen LogP contribution < -0.4 is 10.6 Å². The number of ether oxygens (including phenoxy) is 3. The van der Waals surface area contributed by atoms with Gasteiger partial charge in [0.25, 0.3) is 0 Å². The Hall–Kier alpha value is -5.96. The summed E-state index contributed by atoms with van der Waals surface area (Å²) in [6.07, 6.45) is 12.4. The molecule has 3 aromatic carbocycles. The Morgan fingerprint density at radius 3 is 1.90 bits per heavy atom. The number of hydrogen-bond donors (Lipinski definition) is 4. The first kappa shape index (κ1) is 42.3. The second kappa shape index (κ2) is 18.8.